The molecule has 0 aliphatic rings. The molecular formula is C9H23OTi. The third-order valence-electron chi connectivity index (χ3n) is 0. The third kappa shape index (κ3) is 1770. The van der Waals surface area contributed by atoms with Gasteiger partial charge < -0.3 is 24.7 Å². The van der Waals surface area contributed by atoms with Gasteiger partial charge in [0.2, 0.25) is 0 Å². The van der Waals surface area contributed by atoms with Crippen LogP contribution in [-0.2, 0) is 21.7 Å². The van der Waals surface area contributed by atoms with Crippen molar-refractivity contribution in [1.82, 2.24) is 0 Å². The van der Waals surface area contributed by atoms with Gasteiger partial charge in [0, 0.05) is 0 Å². The van der Waals surface area contributed by atoms with Gasteiger partial charge in [-0.15, -0.1) is 0 Å². The first kappa shape index (κ1) is 29.9. The molecule has 0 fully saturated rings. The van der Waals surface area contributed by atoms with Gasteiger partial charge in [-0.25, -0.2) is 0 Å². The normalized spacial score (nSPS) is 4.91. The van der Waals surface area contributed by atoms with E-state index >= 15 is 0 Å². The SMILES string of the molecule is C[CH-]C.C[CH-]C.C[CH-]C.O.[Ti+3]. The molecule has 0 aliphatic heterocycles. The fourth-order valence-electron chi connectivity index (χ4n) is 0. The molecule has 0 atom stereocenters. The molecule has 0 aliphatic carbocycles. The van der Waals surface area contributed by atoms with Crippen LogP contribution in [0, 0.1) is 19.3 Å². The number of hydrogen-bond donors (Lipinski definition) is 0. The Bertz CT molecular complexity index is 14.3. The van der Waals surface area contributed by atoms with E-state index in [1.165, 1.54) is 0 Å². The minimum atomic E-state index is 0. The molecule has 11 heavy (non-hydrogen) atoms. The van der Waals surface area contributed by atoms with Crippen LogP contribution in [0.2, 0.25) is 0 Å². The molecule has 0 spiro atoms. The molecule has 0 amide bonds. The van der Waals surface area contributed by atoms with E-state index < -0.39 is 0 Å². The average Bonchev–Trinajstić information content (AvgIpc) is 1.70. The van der Waals surface area contributed by atoms with Gasteiger partial charge in [0.25, 0.3) is 0 Å². The summed E-state index contributed by atoms with van der Waals surface area (Å²) in [6.07, 6.45) is 6.00. The standard InChI is InChI=1S/3C3H7.H2O.Ti/c3*1-3-2;;/h3*3H,1-2H3;1H2;/q3*-1;;+3. The summed E-state index contributed by atoms with van der Waals surface area (Å²) < 4.78 is 0. The summed E-state index contributed by atoms with van der Waals surface area (Å²) in [6.45, 7) is 12.0. The van der Waals surface area contributed by atoms with Crippen LogP contribution in [0.4, 0.5) is 0 Å². The molecule has 0 rings (SSSR count). The molecular weight excluding hydrogens is 172 g/mol. The van der Waals surface area contributed by atoms with E-state index in [0.717, 1.165) is 0 Å². The van der Waals surface area contributed by atoms with Gasteiger partial charge in [0.05, 0.1) is 0 Å². The molecule has 0 unspecified atom stereocenters. The second kappa shape index (κ2) is 74.0. The molecule has 1 radical (unpaired) electrons. The largest absolute Gasteiger partial charge is 3.00 e. The molecule has 0 heterocycles. The number of hydrogen-bond acceptors (Lipinski definition) is 0. The average molecular weight is 195 g/mol. The van der Waals surface area contributed by atoms with Crippen LogP contribution < -0.4 is 0 Å². The minimum Gasteiger partial charge on any atom is -0.412 e. The molecule has 0 aromatic rings. The Labute approximate surface area is 88.2 Å². The second-order valence-corrected chi connectivity index (χ2v) is 1.73. The fraction of sp³-hybridized carbons (Fsp3) is 0.667. The Morgan fingerprint density at radius 2 is 0.545 bits per heavy atom. The number of rotatable bonds is 0. The minimum absolute atomic E-state index is 0. The quantitative estimate of drug-likeness (QED) is 0.420. The van der Waals surface area contributed by atoms with Gasteiger partial charge in [-0.1, -0.05) is 0 Å². The van der Waals surface area contributed by atoms with Gasteiger partial charge in [-0.05, 0) is 0 Å². The van der Waals surface area contributed by atoms with Gasteiger partial charge >= 0.3 is 21.7 Å². The smallest absolute Gasteiger partial charge is 0.412 e. The van der Waals surface area contributed by atoms with Crippen molar-refractivity contribution in [2.45, 2.75) is 41.5 Å². The van der Waals surface area contributed by atoms with E-state index in [9.17, 15) is 0 Å². The van der Waals surface area contributed by atoms with Crippen LogP contribution in [0.1, 0.15) is 41.5 Å². The first-order valence-electron chi connectivity index (χ1n) is 3.46. The summed E-state index contributed by atoms with van der Waals surface area (Å²) in [4.78, 5) is 0. The molecule has 69 valence electrons. The maximum absolute atomic E-state index is 2.00. The monoisotopic (exact) mass is 195 g/mol. The van der Waals surface area contributed by atoms with Crippen molar-refractivity contribution in [2.75, 3.05) is 0 Å². The molecule has 0 aromatic carbocycles. The van der Waals surface area contributed by atoms with E-state index in [1.807, 2.05) is 60.8 Å². The van der Waals surface area contributed by atoms with Crippen molar-refractivity contribution in [1.29, 1.82) is 0 Å². The van der Waals surface area contributed by atoms with Gasteiger partial charge in [0.15, 0.2) is 0 Å². The summed E-state index contributed by atoms with van der Waals surface area (Å²) >= 11 is 0. The fourth-order valence-corrected chi connectivity index (χ4v) is 0. The zero-order valence-electron chi connectivity index (χ0n) is 8.73. The maximum atomic E-state index is 2.00. The van der Waals surface area contributed by atoms with Crippen molar-refractivity contribution >= 4 is 0 Å². The molecule has 2 heteroatoms. The van der Waals surface area contributed by atoms with Gasteiger partial charge in [-0.3, -0.25) is 0 Å². The van der Waals surface area contributed by atoms with Crippen LogP contribution in [0.25, 0.3) is 0 Å². The zero-order chi connectivity index (χ0) is 8.12. The van der Waals surface area contributed by atoms with Crippen LogP contribution >= 0.6 is 0 Å². The Hall–Kier alpha value is 0.674. The van der Waals surface area contributed by atoms with Gasteiger partial charge in [0.1, 0.15) is 0 Å². The van der Waals surface area contributed by atoms with Crippen molar-refractivity contribution < 1.29 is 27.2 Å². The predicted molar refractivity (Wildman–Crippen MR) is 50.6 cm³/mol. The first-order chi connectivity index (χ1) is 4.24. The summed E-state index contributed by atoms with van der Waals surface area (Å²) in [6, 6.07) is 0. The van der Waals surface area contributed by atoms with E-state index in [2.05, 4.69) is 0 Å². The molecule has 0 aromatic heterocycles. The zero-order valence-corrected chi connectivity index (χ0v) is 10.3. The predicted octanol–water partition coefficient (Wildman–Crippen LogP) is 2.86. The Morgan fingerprint density at radius 3 is 0.545 bits per heavy atom. The Morgan fingerprint density at radius 1 is 0.545 bits per heavy atom. The van der Waals surface area contributed by atoms with E-state index in [1.54, 1.807) is 0 Å². The van der Waals surface area contributed by atoms with Crippen molar-refractivity contribution in [3.8, 4) is 0 Å². The summed E-state index contributed by atoms with van der Waals surface area (Å²) in [5.41, 5.74) is 0. The van der Waals surface area contributed by atoms with E-state index in [4.69, 9.17) is 0 Å². The summed E-state index contributed by atoms with van der Waals surface area (Å²) in [7, 11) is 0. The van der Waals surface area contributed by atoms with Crippen molar-refractivity contribution in [3.63, 3.8) is 0 Å². The maximum Gasteiger partial charge on any atom is 3.00 e. The Balaban J connectivity index is -0.0000000150. The first-order valence-corrected chi connectivity index (χ1v) is 3.46. The van der Waals surface area contributed by atoms with Crippen LogP contribution in [-0.4, -0.2) is 5.48 Å². The summed E-state index contributed by atoms with van der Waals surface area (Å²) in [5, 5.41) is 0. The third-order valence-corrected chi connectivity index (χ3v) is 0. The molecule has 1 nitrogen and oxygen atoms in total. The van der Waals surface area contributed by atoms with Gasteiger partial charge in [-0.2, -0.15) is 41.5 Å². The molecule has 2 N–H and O–H groups in total. The van der Waals surface area contributed by atoms with Crippen LogP contribution in [0.3, 0.4) is 0 Å². The second-order valence-electron chi connectivity index (χ2n) is 1.73. The van der Waals surface area contributed by atoms with Crippen LogP contribution in [0.5, 0.6) is 0 Å². The van der Waals surface area contributed by atoms with E-state index in [0.29, 0.717) is 0 Å². The molecule has 0 bridgehead atoms. The van der Waals surface area contributed by atoms with Crippen molar-refractivity contribution in [2.24, 2.45) is 0 Å². The van der Waals surface area contributed by atoms with Crippen LogP contribution in [0.15, 0.2) is 0 Å². The molecule has 0 saturated carbocycles. The summed E-state index contributed by atoms with van der Waals surface area (Å²) in [5.74, 6) is 0. The van der Waals surface area contributed by atoms with Crippen molar-refractivity contribution in [3.05, 3.63) is 19.3 Å². The van der Waals surface area contributed by atoms with E-state index in [-0.39, 0.29) is 27.2 Å². The molecule has 0 saturated heterocycles. The topological polar surface area (TPSA) is 31.5 Å². The Kier molecular flexibility index (Phi) is 201.